The average Bonchev–Trinajstić information content (AvgIpc) is 2.82. The van der Waals surface area contributed by atoms with Gasteiger partial charge in [-0.3, -0.25) is 4.79 Å². The second-order valence-corrected chi connectivity index (χ2v) is 7.60. The van der Waals surface area contributed by atoms with Gasteiger partial charge in [0.15, 0.2) is 5.75 Å². The summed E-state index contributed by atoms with van der Waals surface area (Å²) in [5.41, 5.74) is 0.686. The molecule has 1 atom stereocenters. The van der Waals surface area contributed by atoms with Crippen molar-refractivity contribution < 1.29 is 18.7 Å². The van der Waals surface area contributed by atoms with Gasteiger partial charge in [0.05, 0.1) is 17.3 Å². The average molecular weight is 433 g/mol. The van der Waals surface area contributed by atoms with Crippen LogP contribution < -0.4 is 15.4 Å². The zero-order valence-corrected chi connectivity index (χ0v) is 17.5. The van der Waals surface area contributed by atoms with Gasteiger partial charge in [0.1, 0.15) is 11.6 Å². The Bertz CT molecular complexity index is 1090. The second-order valence-electron chi connectivity index (χ2n) is 7.60. The van der Waals surface area contributed by atoms with Gasteiger partial charge in [-0.1, -0.05) is 42.5 Å². The lowest BCUT2D eigenvalue weighted by Crippen LogP contribution is -2.45. The van der Waals surface area contributed by atoms with Crippen LogP contribution in [0.25, 0.3) is 0 Å². The number of hydrogen-bond acceptors (Lipinski definition) is 3. The first-order chi connectivity index (χ1) is 15.6. The summed E-state index contributed by atoms with van der Waals surface area (Å²) in [5, 5.41) is 5.52. The Labute approximate surface area is 186 Å². The van der Waals surface area contributed by atoms with Crippen molar-refractivity contribution in [1.29, 1.82) is 0 Å². The highest BCUT2D eigenvalue weighted by Gasteiger charge is 2.29. The van der Waals surface area contributed by atoms with E-state index < -0.39 is 11.8 Å². The number of hydrogen-bond donors (Lipinski definition) is 2. The predicted octanol–water partition coefficient (Wildman–Crippen LogP) is 5.50. The highest BCUT2D eigenvalue weighted by atomic mass is 19.1. The smallest absolute Gasteiger partial charge is 0.321 e. The van der Waals surface area contributed by atoms with E-state index >= 15 is 0 Å². The fourth-order valence-corrected chi connectivity index (χ4v) is 3.64. The van der Waals surface area contributed by atoms with Crippen LogP contribution in [-0.4, -0.2) is 29.9 Å². The number of ether oxygens (including phenoxy) is 1. The molecule has 3 aromatic rings. The molecule has 1 fully saturated rings. The normalized spacial score (nSPS) is 15.7. The predicted molar refractivity (Wildman–Crippen MR) is 121 cm³/mol. The van der Waals surface area contributed by atoms with Gasteiger partial charge in [0.2, 0.25) is 5.91 Å². The minimum absolute atomic E-state index is 0.121. The number of para-hydroxylation sites is 4. The summed E-state index contributed by atoms with van der Waals surface area (Å²) in [6.07, 6.45) is 1.35. The van der Waals surface area contributed by atoms with Crippen LogP contribution in [-0.2, 0) is 4.79 Å². The lowest BCUT2D eigenvalue weighted by atomic mass is 9.97. The second kappa shape index (κ2) is 9.96. The molecule has 0 aromatic heterocycles. The number of anilines is 2. The van der Waals surface area contributed by atoms with Crippen LogP contribution >= 0.6 is 0 Å². The van der Waals surface area contributed by atoms with Crippen molar-refractivity contribution in [3.05, 3.63) is 84.7 Å². The minimum Gasteiger partial charge on any atom is -0.455 e. The summed E-state index contributed by atoms with van der Waals surface area (Å²) >= 11 is 0. The number of halogens is 1. The Morgan fingerprint density at radius 1 is 0.875 bits per heavy atom. The summed E-state index contributed by atoms with van der Waals surface area (Å²) in [6, 6.07) is 22.1. The number of piperidine rings is 1. The monoisotopic (exact) mass is 433 g/mol. The molecular formula is C25H24FN3O3. The van der Waals surface area contributed by atoms with E-state index in [-0.39, 0.29) is 24.1 Å². The van der Waals surface area contributed by atoms with E-state index in [2.05, 4.69) is 10.6 Å². The molecule has 0 saturated carbocycles. The molecule has 0 radical (unpaired) electrons. The zero-order chi connectivity index (χ0) is 22.3. The van der Waals surface area contributed by atoms with E-state index in [1.165, 1.54) is 12.1 Å². The van der Waals surface area contributed by atoms with Crippen molar-refractivity contribution in [3.8, 4) is 11.5 Å². The maximum absolute atomic E-state index is 13.8. The van der Waals surface area contributed by atoms with E-state index in [1.807, 2.05) is 42.5 Å². The molecule has 4 rings (SSSR count). The van der Waals surface area contributed by atoms with Crippen LogP contribution in [0, 0.1) is 11.7 Å². The van der Waals surface area contributed by atoms with Crippen LogP contribution in [0.3, 0.4) is 0 Å². The Kier molecular flexibility index (Phi) is 6.65. The number of amides is 3. The molecule has 2 N–H and O–H groups in total. The molecule has 0 bridgehead atoms. The number of nitrogens with one attached hydrogen (secondary N) is 2. The van der Waals surface area contributed by atoms with E-state index in [1.54, 1.807) is 29.2 Å². The molecule has 32 heavy (non-hydrogen) atoms. The van der Waals surface area contributed by atoms with Crippen molar-refractivity contribution in [3.63, 3.8) is 0 Å². The molecule has 1 aliphatic heterocycles. The number of urea groups is 1. The maximum atomic E-state index is 13.8. The lowest BCUT2D eigenvalue weighted by Gasteiger charge is -2.32. The summed E-state index contributed by atoms with van der Waals surface area (Å²) in [7, 11) is 0. The largest absolute Gasteiger partial charge is 0.455 e. The number of carbonyl (C=O) groups excluding carboxylic acids is 2. The van der Waals surface area contributed by atoms with Gasteiger partial charge >= 0.3 is 6.03 Å². The highest BCUT2D eigenvalue weighted by molar-refractivity contribution is 5.95. The number of carbonyl (C=O) groups is 2. The van der Waals surface area contributed by atoms with Crippen molar-refractivity contribution in [2.75, 3.05) is 23.7 Å². The van der Waals surface area contributed by atoms with Crippen LogP contribution in [0.5, 0.6) is 11.5 Å². The first kappa shape index (κ1) is 21.4. The summed E-state index contributed by atoms with van der Waals surface area (Å²) in [5.74, 6) is 0.152. The van der Waals surface area contributed by atoms with Gasteiger partial charge in [0, 0.05) is 13.1 Å². The van der Waals surface area contributed by atoms with Gasteiger partial charge in [-0.2, -0.15) is 0 Å². The van der Waals surface area contributed by atoms with Crippen LogP contribution in [0.2, 0.25) is 0 Å². The number of likely N-dealkylation sites (tertiary alicyclic amines) is 1. The third kappa shape index (κ3) is 5.24. The highest BCUT2D eigenvalue weighted by Crippen LogP contribution is 2.30. The number of rotatable bonds is 5. The topological polar surface area (TPSA) is 70.7 Å². The first-order valence-corrected chi connectivity index (χ1v) is 10.5. The van der Waals surface area contributed by atoms with Crippen molar-refractivity contribution in [2.24, 2.45) is 5.92 Å². The number of benzene rings is 3. The standard InChI is InChI=1S/C25H24FN3O3/c26-20-12-4-5-13-21(20)28-25(31)29-16-8-9-18(17-29)24(30)27-22-14-6-7-15-23(22)32-19-10-2-1-3-11-19/h1-7,10-15,18H,8-9,16-17H2,(H,27,30)(H,28,31). The van der Waals surface area contributed by atoms with E-state index in [0.29, 0.717) is 36.6 Å². The van der Waals surface area contributed by atoms with E-state index in [0.717, 1.165) is 0 Å². The van der Waals surface area contributed by atoms with Crippen LogP contribution in [0.4, 0.5) is 20.6 Å². The van der Waals surface area contributed by atoms with Crippen LogP contribution in [0.15, 0.2) is 78.9 Å². The molecule has 7 heteroatoms. The fourth-order valence-electron chi connectivity index (χ4n) is 3.64. The third-order valence-electron chi connectivity index (χ3n) is 5.31. The first-order valence-electron chi connectivity index (χ1n) is 10.5. The van der Waals surface area contributed by atoms with Crippen molar-refractivity contribution in [2.45, 2.75) is 12.8 Å². The quantitative estimate of drug-likeness (QED) is 0.558. The van der Waals surface area contributed by atoms with Gasteiger partial charge in [0.25, 0.3) is 0 Å². The molecule has 1 saturated heterocycles. The molecule has 3 aromatic carbocycles. The Morgan fingerprint density at radius 2 is 1.56 bits per heavy atom. The van der Waals surface area contributed by atoms with Gasteiger partial charge < -0.3 is 20.3 Å². The lowest BCUT2D eigenvalue weighted by molar-refractivity contribution is -0.121. The third-order valence-corrected chi connectivity index (χ3v) is 5.31. The molecular weight excluding hydrogens is 409 g/mol. The van der Waals surface area contributed by atoms with Gasteiger partial charge in [-0.05, 0) is 49.2 Å². The Morgan fingerprint density at radius 3 is 2.34 bits per heavy atom. The molecule has 0 aliphatic carbocycles. The minimum atomic E-state index is -0.498. The van der Waals surface area contributed by atoms with Crippen molar-refractivity contribution >= 4 is 23.3 Å². The molecule has 3 amide bonds. The fraction of sp³-hybridized carbons (Fsp3) is 0.200. The Hall–Kier alpha value is -3.87. The number of nitrogens with zero attached hydrogens (tertiary/aromatic N) is 1. The molecule has 6 nitrogen and oxygen atoms in total. The Balaban J connectivity index is 1.40. The van der Waals surface area contributed by atoms with Crippen LogP contribution in [0.1, 0.15) is 12.8 Å². The SMILES string of the molecule is O=C(Nc1ccccc1Oc1ccccc1)C1CCCN(C(=O)Nc2ccccc2F)C1. The van der Waals surface area contributed by atoms with Gasteiger partial charge in [-0.15, -0.1) is 0 Å². The van der Waals surface area contributed by atoms with E-state index in [4.69, 9.17) is 4.74 Å². The molecule has 164 valence electrons. The molecule has 1 heterocycles. The summed E-state index contributed by atoms with van der Waals surface area (Å²) in [4.78, 5) is 27.1. The summed E-state index contributed by atoms with van der Waals surface area (Å²) < 4.78 is 19.8. The molecule has 0 spiro atoms. The van der Waals surface area contributed by atoms with Gasteiger partial charge in [-0.25, -0.2) is 9.18 Å². The maximum Gasteiger partial charge on any atom is 0.321 e. The molecule has 1 aliphatic rings. The zero-order valence-electron chi connectivity index (χ0n) is 17.5. The van der Waals surface area contributed by atoms with Crippen molar-refractivity contribution in [1.82, 2.24) is 4.90 Å². The summed E-state index contributed by atoms with van der Waals surface area (Å²) in [6.45, 7) is 0.769. The van der Waals surface area contributed by atoms with E-state index in [9.17, 15) is 14.0 Å². The molecule has 1 unspecified atom stereocenters.